The number of rotatable bonds is 5. The Labute approximate surface area is 61.6 Å². The quantitative estimate of drug-likeness (QED) is 0.540. The van der Waals surface area contributed by atoms with E-state index in [-0.39, 0.29) is 12.5 Å². The van der Waals surface area contributed by atoms with Gasteiger partial charge in [-0.25, -0.2) is 0 Å². The fourth-order valence-electron chi connectivity index (χ4n) is 0.461. The summed E-state index contributed by atoms with van der Waals surface area (Å²) in [5.41, 5.74) is 0. The highest BCUT2D eigenvalue weighted by atomic mass is 16.5. The Morgan fingerprint density at radius 3 is 2.40 bits per heavy atom. The Kier molecular flexibility index (Phi) is 5.58. The van der Waals surface area contributed by atoms with Crippen LogP contribution in [0.2, 0.25) is 0 Å². The lowest BCUT2D eigenvalue weighted by atomic mass is 10.1. The van der Waals surface area contributed by atoms with Crippen LogP contribution >= 0.6 is 0 Å². The predicted octanol–water partition coefficient (Wildman–Crippen LogP) is 0.0122. The summed E-state index contributed by atoms with van der Waals surface area (Å²) in [6.45, 7) is 4.49. The van der Waals surface area contributed by atoms with Gasteiger partial charge in [0.15, 0.2) is 0 Å². The average molecular weight is 148 g/mol. The molecule has 0 spiro atoms. The highest BCUT2D eigenvalue weighted by Crippen LogP contribution is 2.00. The molecule has 0 fully saturated rings. The van der Waals surface area contributed by atoms with E-state index in [0.717, 1.165) is 0 Å². The summed E-state index contributed by atoms with van der Waals surface area (Å²) in [4.78, 5) is 0. The average Bonchev–Trinajstić information content (AvgIpc) is 1.88. The summed E-state index contributed by atoms with van der Waals surface area (Å²) in [6, 6.07) is 0. The van der Waals surface area contributed by atoms with Crippen LogP contribution in [0, 0.1) is 5.92 Å². The molecule has 0 heterocycles. The van der Waals surface area contributed by atoms with Gasteiger partial charge < -0.3 is 14.9 Å². The van der Waals surface area contributed by atoms with E-state index in [9.17, 15) is 0 Å². The van der Waals surface area contributed by atoms with Gasteiger partial charge in [-0.05, 0) is 5.92 Å². The Hall–Kier alpha value is -0.120. The molecule has 0 aromatic carbocycles. The van der Waals surface area contributed by atoms with Crippen molar-refractivity contribution in [3.8, 4) is 0 Å². The summed E-state index contributed by atoms with van der Waals surface area (Å²) < 4.78 is 4.91. The summed E-state index contributed by atoms with van der Waals surface area (Å²) in [6.07, 6.45) is -0.411. The molecule has 62 valence electrons. The molecule has 0 aliphatic carbocycles. The van der Waals surface area contributed by atoms with Crippen molar-refractivity contribution in [2.24, 2.45) is 5.92 Å². The van der Waals surface area contributed by atoms with Gasteiger partial charge in [0.2, 0.25) is 0 Å². The molecule has 0 amide bonds. The SMILES string of the molecule is CC(C)C(O)COCCO. The van der Waals surface area contributed by atoms with E-state index in [4.69, 9.17) is 14.9 Å². The van der Waals surface area contributed by atoms with Gasteiger partial charge in [-0.3, -0.25) is 0 Å². The van der Waals surface area contributed by atoms with Crippen molar-refractivity contribution in [1.82, 2.24) is 0 Å². The van der Waals surface area contributed by atoms with E-state index in [1.807, 2.05) is 13.8 Å². The lowest BCUT2D eigenvalue weighted by Crippen LogP contribution is -2.22. The van der Waals surface area contributed by atoms with Crippen LogP contribution in [0.4, 0.5) is 0 Å². The molecule has 0 aromatic heterocycles. The molecule has 3 heteroatoms. The minimum Gasteiger partial charge on any atom is -0.394 e. The van der Waals surface area contributed by atoms with Crippen molar-refractivity contribution < 1.29 is 14.9 Å². The fraction of sp³-hybridized carbons (Fsp3) is 1.00. The molecule has 0 saturated heterocycles. The molecule has 0 saturated carbocycles. The zero-order valence-electron chi connectivity index (χ0n) is 6.58. The van der Waals surface area contributed by atoms with E-state index in [1.54, 1.807) is 0 Å². The monoisotopic (exact) mass is 148 g/mol. The van der Waals surface area contributed by atoms with Gasteiger partial charge in [0.1, 0.15) is 0 Å². The molecule has 0 radical (unpaired) electrons. The molecule has 3 nitrogen and oxygen atoms in total. The maximum absolute atomic E-state index is 9.15. The van der Waals surface area contributed by atoms with E-state index in [0.29, 0.717) is 13.2 Å². The number of aliphatic hydroxyl groups is 2. The molecule has 0 aliphatic heterocycles. The number of ether oxygens (including phenoxy) is 1. The third-order valence-corrected chi connectivity index (χ3v) is 1.29. The lowest BCUT2D eigenvalue weighted by molar-refractivity contribution is 0.00164. The van der Waals surface area contributed by atoms with Gasteiger partial charge in [0.25, 0.3) is 0 Å². The topological polar surface area (TPSA) is 49.7 Å². The number of hydrogen-bond acceptors (Lipinski definition) is 3. The second kappa shape index (κ2) is 5.65. The van der Waals surface area contributed by atoms with Crippen LogP contribution in [-0.4, -0.2) is 36.1 Å². The first-order valence-corrected chi connectivity index (χ1v) is 3.55. The molecule has 1 unspecified atom stereocenters. The van der Waals surface area contributed by atoms with Crippen LogP contribution in [-0.2, 0) is 4.74 Å². The second-order valence-electron chi connectivity index (χ2n) is 2.61. The Morgan fingerprint density at radius 1 is 1.40 bits per heavy atom. The van der Waals surface area contributed by atoms with Crippen molar-refractivity contribution in [3.05, 3.63) is 0 Å². The van der Waals surface area contributed by atoms with Crippen LogP contribution in [0.3, 0.4) is 0 Å². The molecule has 2 N–H and O–H groups in total. The Balaban J connectivity index is 3.13. The predicted molar refractivity (Wildman–Crippen MR) is 38.7 cm³/mol. The first-order valence-electron chi connectivity index (χ1n) is 3.55. The molecule has 10 heavy (non-hydrogen) atoms. The molecule has 1 atom stereocenters. The highest BCUT2D eigenvalue weighted by molar-refractivity contribution is 4.57. The minimum atomic E-state index is -0.411. The van der Waals surface area contributed by atoms with Gasteiger partial charge in [0, 0.05) is 0 Å². The maximum atomic E-state index is 9.15. The van der Waals surface area contributed by atoms with Crippen LogP contribution in [0.1, 0.15) is 13.8 Å². The first kappa shape index (κ1) is 9.88. The summed E-state index contributed by atoms with van der Waals surface area (Å²) in [5.74, 6) is 0.221. The van der Waals surface area contributed by atoms with Crippen LogP contribution in [0.15, 0.2) is 0 Å². The fourth-order valence-corrected chi connectivity index (χ4v) is 0.461. The summed E-state index contributed by atoms with van der Waals surface area (Å²) >= 11 is 0. The largest absolute Gasteiger partial charge is 0.394 e. The summed E-state index contributed by atoms with van der Waals surface area (Å²) in [5, 5.41) is 17.5. The van der Waals surface area contributed by atoms with E-state index >= 15 is 0 Å². The van der Waals surface area contributed by atoms with Crippen LogP contribution < -0.4 is 0 Å². The van der Waals surface area contributed by atoms with E-state index < -0.39 is 6.10 Å². The standard InChI is InChI=1S/C7H16O3/c1-6(2)7(9)5-10-4-3-8/h6-9H,3-5H2,1-2H3. The second-order valence-corrected chi connectivity index (χ2v) is 2.61. The molecular formula is C7H16O3. The normalized spacial score (nSPS) is 14.1. The third-order valence-electron chi connectivity index (χ3n) is 1.29. The molecule has 0 aliphatic rings. The first-order chi connectivity index (χ1) is 4.68. The lowest BCUT2D eigenvalue weighted by Gasteiger charge is -2.13. The zero-order valence-corrected chi connectivity index (χ0v) is 6.58. The van der Waals surface area contributed by atoms with Gasteiger partial charge in [0.05, 0.1) is 25.9 Å². The van der Waals surface area contributed by atoms with Crippen LogP contribution in [0.5, 0.6) is 0 Å². The molecule has 0 bridgehead atoms. The number of hydrogen-bond donors (Lipinski definition) is 2. The third kappa shape index (κ3) is 4.73. The van der Waals surface area contributed by atoms with Crippen molar-refractivity contribution >= 4 is 0 Å². The van der Waals surface area contributed by atoms with Crippen molar-refractivity contribution in [3.63, 3.8) is 0 Å². The minimum absolute atomic E-state index is 0.0187. The highest BCUT2D eigenvalue weighted by Gasteiger charge is 2.07. The van der Waals surface area contributed by atoms with Crippen molar-refractivity contribution in [2.75, 3.05) is 19.8 Å². The van der Waals surface area contributed by atoms with Crippen LogP contribution in [0.25, 0.3) is 0 Å². The molecular weight excluding hydrogens is 132 g/mol. The Morgan fingerprint density at radius 2 is 2.00 bits per heavy atom. The van der Waals surface area contributed by atoms with Crippen molar-refractivity contribution in [1.29, 1.82) is 0 Å². The van der Waals surface area contributed by atoms with E-state index in [2.05, 4.69) is 0 Å². The number of aliphatic hydroxyl groups excluding tert-OH is 2. The maximum Gasteiger partial charge on any atom is 0.0796 e. The van der Waals surface area contributed by atoms with Gasteiger partial charge >= 0.3 is 0 Å². The molecule has 0 aromatic rings. The smallest absolute Gasteiger partial charge is 0.0796 e. The van der Waals surface area contributed by atoms with Gasteiger partial charge in [-0.15, -0.1) is 0 Å². The van der Waals surface area contributed by atoms with E-state index in [1.165, 1.54) is 0 Å². The molecule has 0 rings (SSSR count). The zero-order chi connectivity index (χ0) is 7.98. The van der Waals surface area contributed by atoms with Gasteiger partial charge in [-0.2, -0.15) is 0 Å². The summed E-state index contributed by atoms with van der Waals surface area (Å²) in [7, 11) is 0. The van der Waals surface area contributed by atoms with Crippen molar-refractivity contribution in [2.45, 2.75) is 20.0 Å². The Bertz CT molecular complexity index is 73.3. The van der Waals surface area contributed by atoms with Gasteiger partial charge in [-0.1, -0.05) is 13.8 Å².